The van der Waals surface area contributed by atoms with Gasteiger partial charge in [0.1, 0.15) is 0 Å². The molecule has 0 saturated heterocycles. The zero-order valence-corrected chi connectivity index (χ0v) is 7.25. The average Bonchev–Trinajstić information content (AvgIpc) is 2.18. The maximum atomic E-state index is 5.08. The van der Waals surface area contributed by atoms with Gasteiger partial charge in [-0.3, -0.25) is 10.9 Å². The molecule has 0 saturated carbocycles. The van der Waals surface area contributed by atoms with Crippen molar-refractivity contribution in [2.24, 2.45) is 10.9 Å². The minimum atomic E-state index is 0.849. The molecule has 0 spiro atoms. The summed E-state index contributed by atoms with van der Waals surface area (Å²) in [6, 6.07) is 6.21. The van der Waals surface area contributed by atoms with Gasteiger partial charge in [0.15, 0.2) is 0 Å². The fraction of sp³-hybridized carbons (Fsp3) is 0.222. The monoisotopic (exact) mass is 176 g/mol. The largest absolute Gasteiger partial charge is 0.323 e. The molecule has 0 aliphatic carbocycles. The normalized spacial score (nSPS) is 16.0. The minimum Gasteiger partial charge on any atom is -0.323 e. The second kappa shape index (κ2) is 3.55. The Kier molecular flexibility index (Phi) is 2.25. The number of hydrogen-bond acceptors (Lipinski definition) is 4. The molecule has 4 heteroatoms. The molecule has 0 fully saturated rings. The number of nitrogens with one attached hydrogen (secondary N) is 2. The number of nitrogens with two attached hydrogens (primary N) is 1. The first kappa shape index (κ1) is 8.22. The lowest BCUT2D eigenvalue weighted by molar-refractivity contribution is 0.496. The van der Waals surface area contributed by atoms with Gasteiger partial charge in [0.25, 0.3) is 0 Å². The van der Waals surface area contributed by atoms with E-state index >= 15 is 0 Å². The summed E-state index contributed by atoms with van der Waals surface area (Å²) in [4.78, 5) is 0. The number of rotatable bonds is 1. The molecular weight excluding hydrogens is 164 g/mol. The molecule has 1 aromatic rings. The van der Waals surface area contributed by atoms with Crippen LogP contribution in [0.25, 0.3) is 0 Å². The summed E-state index contributed by atoms with van der Waals surface area (Å²) in [6.07, 6.45) is 1.66. The summed E-state index contributed by atoms with van der Waals surface area (Å²) in [5.74, 6) is 5.08. The van der Waals surface area contributed by atoms with Crippen LogP contribution in [0, 0.1) is 0 Å². The van der Waals surface area contributed by atoms with E-state index in [1.54, 1.807) is 6.21 Å². The lowest BCUT2D eigenvalue weighted by atomic mass is 10.0. The van der Waals surface area contributed by atoms with Crippen molar-refractivity contribution < 1.29 is 0 Å². The number of benzene rings is 1. The molecule has 4 nitrogen and oxygen atoms in total. The van der Waals surface area contributed by atoms with E-state index in [2.05, 4.69) is 28.1 Å². The third-order valence-electron chi connectivity index (χ3n) is 2.14. The number of hydrogen-bond donors (Lipinski definition) is 3. The van der Waals surface area contributed by atoms with E-state index in [9.17, 15) is 0 Å². The summed E-state index contributed by atoms with van der Waals surface area (Å²) in [7, 11) is 0. The molecule has 0 unspecified atom stereocenters. The minimum absolute atomic E-state index is 0.849. The number of nitrogens with zero attached hydrogens (tertiary/aromatic N) is 1. The molecular formula is C9H12N4. The molecule has 13 heavy (non-hydrogen) atoms. The Labute approximate surface area is 76.8 Å². The highest BCUT2D eigenvalue weighted by Crippen LogP contribution is 2.13. The predicted molar refractivity (Wildman–Crippen MR) is 51.9 cm³/mol. The molecule has 0 atom stereocenters. The quantitative estimate of drug-likeness (QED) is 0.323. The molecule has 1 heterocycles. The van der Waals surface area contributed by atoms with E-state index in [0.717, 1.165) is 18.7 Å². The first-order chi connectivity index (χ1) is 6.40. The van der Waals surface area contributed by atoms with Crippen LogP contribution in [0.5, 0.6) is 0 Å². The van der Waals surface area contributed by atoms with Crippen LogP contribution in [0.1, 0.15) is 16.7 Å². The Morgan fingerprint density at radius 2 is 2.00 bits per heavy atom. The highest BCUT2D eigenvalue weighted by molar-refractivity contribution is 5.79. The molecule has 0 bridgehead atoms. The van der Waals surface area contributed by atoms with Gasteiger partial charge >= 0.3 is 0 Å². The second-order valence-electron chi connectivity index (χ2n) is 3.01. The first-order valence-corrected chi connectivity index (χ1v) is 4.21. The van der Waals surface area contributed by atoms with Crippen LogP contribution in [0.3, 0.4) is 0 Å². The standard InChI is InChI=1S/C9H12N4/c10-11-4-7-1-2-8-5-12-13-6-9(8)3-7/h1-4,12-13H,5-6,10H2/b11-4+. The highest BCUT2D eigenvalue weighted by Gasteiger charge is 2.07. The molecule has 0 amide bonds. The van der Waals surface area contributed by atoms with Crippen LogP contribution < -0.4 is 16.7 Å². The summed E-state index contributed by atoms with van der Waals surface area (Å²) in [5.41, 5.74) is 9.84. The van der Waals surface area contributed by atoms with Crippen molar-refractivity contribution >= 4 is 6.21 Å². The summed E-state index contributed by atoms with van der Waals surface area (Å²) < 4.78 is 0. The maximum absolute atomic E-state index is 5.08. The lowest BCUT2D eigenvalue weighted by Crippen LogP contribution is -2.35. The van der Waals surface area contributed by atoms with Crippen LogP contribution in [-0.2, 0) is 13.1 Å². The Bertz CT molecular complexity index is 332. The number of hydrazine groups is 1. The Morgan fingerprint density at radius 1 is 1.23 bits per heavy atom. The fourth-order valence-electron chi connectivity index (χ4n) is 1.46. The van der Waals surface area contributed by atoms with Gasteiger partial charge in [-0.25, -0.2) is 0 Å². The van der Waals surface area contributed by atoms with Crippen molar-refractivity contribution in [1.29, 1.82) is 0 Å². The third-order valence-corrected chi connectivity index (χ3v) is 2.14. The molecule has 68 valence electrons. The van der Waals surface area contributed by atoms with Gasteiger partial charge < -0.3 is 5.84 Å². The van der Waals surface area contributed by atoms with Crippen molar-refractivity contribution in [2.45, 2.75) is 13.1 Å². The summed E-state index contributed by atoms with van der Waals surface area (Å²) >= 11 is 0. The molecule has 0 aromatic heterocycles. The molecule has 1 aliphatic rings. The topological polar surface area (TPSA) is 62.4 Å². The van der Waals surface area contributed by atoms with E-state index in [-0.39, 0.29) is 0 Å². The lowest BCUT2D eigenvalue weighted by Gasteiger charge is -2.18. The van der Waals surface area contributed by atoms with Crippen molar-refractivity contribution in [3.8, 4) is 0 Å². The van der Waals surface area contributed by atoms with Crippen molar-refractivity contribution in [3.63, 3.8) is 0 Å². The van der Waals surface area contributed by atoms with Gasteiger partial charge in [0.2, 0.25) is 0 Å². The zero-order valence-electron chi connectivity index (χ0n) is 7.25. The molecule has 1 aliphatic heterocycles. The van der Waals surface area contributed by atoms with E-state index in [0.29, 0.717) is 0 Å². The van der Waals surface area contributed by atoms with Gasteiger partial charge in [-0.1, -0.05) is 12.1 Å². The summed E-state index contributed by atoms with van der Waals surface area (Å²) in [5, 5.41) is 3.49. The highest BCUT2D eigenvalue weighted by atomic mass is 15.4. The zero-order chi connectivity index (χ0) is 9.10. The van der Waals surface area contributed by atoms with Crippen molar-refractivity contribution in [1.82, 2.24) is 10.9 Å². The van der Waals surface area contributed by atoms with Crippen LogP contribution in [0.2, 0.25) is 0 Å². The molecule has 0 radical (unpaired) electrons. The number of fused-ring (bicyclic) bond motifs is 1. The van der Waals surface area contributed by atoms with Gasteiger partial charge in [-0.2, -0.15) is 5.10 Å². The second-order valence-corrected chi connectivity index (χ2v) is 3.01. The predicted octanol–water partition coefficient (Wildman–Crippen LogP) is 0.0870. The van der Waals surface area contributed by atoms with Crippen LogP contribution in [0.4, 0.5) is 0 Å². The number of hydrazone groups is 1. The molecule has 1 aromatic carbocycles. The fourth-order valence-corrected chi connectivity index (χ4v) is 1.46. The molecule has 4 N–H and O–H groups in total. The van der Waals surface area contributed by atoms with Gasteiger partial charge in [-0.05, 0) is 22.8 Å². The molecule has 2 rings (SSSR count). The smallest absolute Gasteiger partial charge is 0.0538 e. The van der Waals surface area contributed by atoms with E-state index < -0.39 is 0 Å². The van der Waals surface area contributed by atoms with E-state index in [4.69, 9.17) is 5.84 Å². The Morgan fingerprint density at radius 3 is 2.77 bits per heavy atom. The van der Waals surface area contributed by atoms with Crippen LogP contribution in [-0.4, -0.2) is 6.21 Å². The van der Waals surface area contributed by atoms with Gasteiger partial charge in [-0.15, -0.1) is 0 Å². The van der Waals surface area contributed by atoms with Gasteiger partial charge in [0, 0.05) is 13.1 Å². The Balaban J connectivity index is 2.35. The van der Waals surface area contributed by atoms with Crippen LogP contribution >= 0.6 is 0 Å². The summed E-state index contributed by atoms with van der Waals surface area (Å²) in [6.45, 7) is 1.72. The van der Waals surface area contributed by atoms with Gasteiger partial charge in [0.05, 0.1) is 6.21 Å². The average molecular weight is 176 g/mol. The van der Waals surface area contributed by atoms with Crippen molar-refractivity contribution in [3.05, 3.63) is 34.9 Å². The first-order valence-electron chi connectivity index (χ1n) is 4.21. The third kappa shape index (κ3) is 1.68. The maximum Gasteiger partial charge on any atom is 0.0538 e. The Hall–Kier alpha value is -1.39. The van der Waals surface area contributed by atoms with Crippen LogP contribution in [0.15, 0.2) is 23.3 Å². The van der Waals surface area contributed by atoms with E-state index in [1.165, 1.54) is 11.1 Å². The van der Waals surface area contributed by atoms with E-state index in [1.807, 2.05) is 6.07 Å². The van der Waals surface area contributed by atoms with Crippen molar-refractivity contribution in [2.75, 3.05) is 0 Å². The SMILES string of the molecule is N/N=C/c1ccc2c(c1)CNNC2.